The number of anilines is 2. The molecule has 27 heavy (non-hydrogen) atoms. The number of benzene rings is 2. The molecule has 0 aliphatic heterocycles. The third-order valence-electron chi connectivity index (χ3n) is 2.93. The second-order valence-corrected chi connectivity index (χ2v) is 5.94. The van der Waals surface area contributed by atoms with Crippen LogP contribution in [0.1, 0.15) is 11.1 Å². The zero-order chi connectivity index (χ0) is 21.4. The number of non-ortho nitro benzene ring substituents is 2. The van der Waals surface area contributed by atoms with E-state index in [2.05, 4.69) is 0 Å². The van der Waals surface area contributed by atoms with Crippen LogP contribution in [0, 0.1) is 34.1 Å². The van der Waals surface area contributed by atoms with Crippen LogP contribution in [-0.2, 0) is 10.4 Å². The van der Waals surface area contributed by atoms with Crippen LogP contribution in [0.25, 0.3) is 0 Å². The minimum absolute atomic E-state index is 0.0803. The van der Waals surface area contributed by atoms with E-state index in [9.17, 15) is 20.2 Å². The van der Waals surface area contributed by atoms with Gasteiger partial charge in [-0.2, -0.15) is 8.42 Å². The highest BCUT2D eigenvalue weighted by atomic mass is 32.3. The zero-order valence-corrected chi connectivity index (χ0v) is 15.1. The molecule has 0 aliphatic rings. The van der Waals surface area contributed by atoms with Crippen molar-refractivity contribution < 1.29 is 27.4 Å². The number of nitrogens with two attached hydrogens (primary N) is 2. The van der Waals surface area contributed by atoms with Crippen molar-refractivity contribution in [2.75, 3.05) is 11.5 Å². The molecular weight excluding hydrogens is 384 g/mol. The fourth-order valence-corrected chi connectivity index (χ4v) is 1.55. The molecule has 6 N–H and O–H groups in total. The number of hydrogen-bond donors (Lipinski definition) is 4. The quantitative estimate of drug-likeness (QED) is 0.249. The Labute approximate surface area is 154 Å². The van der Waals surface area contributed by atoms with E-state index in [4.69, 9.17) is 29.0 Å². The van der Waals surface area contributed by atoms with E-state index in [1.54, 1.807) is 13.8 Å². The molecule has 0 amide bonds. The van der Waals surface area contributed by atoms with Crippen molar-refractivity contribution in [3.05, 3.63) is 67.8 Å². The van der Waals surface area contributed by atoms with Crippen molar-refractivity contribution in [3.63, 3.8) is 0 Å². The molecule has 0 fully saturated rings. The molecule has 0 atom stereocenters. The molecule has 0 spiro atoms. The maximum atomic E-state index is 10.2. The Balaban J connectivity index is 0.000000405. The normalized spacial score (nSPS) is 9.93. The Morgan fingerprint density at radius 3 is 1.26 bits per heavy atom. The molecular formula is C14H18N4O8S. The number of hydrogen-bond acceptors (Lipinski definition) is 8. The smallest absolute Gasteiger partial charge is 0.394 e. The summed E-state index contributed by atoms with van der Waals surface area (Å²) in [5, 5.41) is 20.5. The van der Waals surface area contributed by atoms with Gasteiger partial charge in [-0.05, 0) is 37.1 Å². The third kappa shape index (κ3) is 10.3. The standard InChI is InChI=1S/2C7H8N2O2.H2O4S/c2*1-5-4-6(9(10)11)2-3-7(5)8;1-5(2,3)4/h2*2-4H,8H2,1H3;(H2,1,2,3,4). The number of nitrogens with zero attached hydrogens (tertiary/aromatic N) is 2. The Morgan fingerprint density at radius 2 is 1.07 bits per heavy atom. The van der Waals surface area contributed by atoms with Gasteiger partial charge >= 0.3 is 10.4 Å². The molecule has 0 radical (unpaired) electrons. The summed E-state index contributed by atoms with van der Waals surface area (Å²) in [5.74, 6) is 0. The highest BCUT2D eigenvalue weighted by Crippen LogP contribution is 2.18. The van der Waals surface area contributed by atoms with E-state index < -0.39 is 20.2 Å². The fraction of sp³-hybridized carbons (Fsp3) is 0.143. The van der Waals surface area contributed by atoms with E-state index in [1.165, 1.54) is 36.4 Å². The summed E-state index contributed by atoms with van der Waals surface area (Å²) in [6.07, 6.45) is 0. The Kier molecular flexibility index (Phi) is 8.79. The van der Waals surface area contributed by atoms with E-state index in [-0.39, 0.29) is 11.4 Å². The molecule has 0 saturated heterocycles. The van der Waals surface area contributed by atoms with Crippen molar-refractivity contribution in [1.29, 1.82) is 0 Å². The highest BCUT2D eigenvalue weighted by Gasteiger charge is 2.05. The fourth-order valence-electron chi connectivity index (χ4n) is 1.55. The molecule has 2 rings (SSSR count). The van der Waals surface area contributed by atoms with E-state index in [0.29, 0.717) is 11.4 Å². The van der Waals surface area contributed by atoms with Crippen molar-refractivity contribution >= 4 is 33.1 Å². The van der Waals surface area contributed by atoms with Gasteiger partial charge in [-0.25, -0.2) is 0 Å². The maximum absolute atomic E-state index is 10.2. The monoisotopic (exact) mass is 402 g/mol. The van der Waals surface area contributed by atoms with Crippen LogP contribution in [0.5, 0.6) is 0 Å². The molecule has 2 aromatic carbocycles. The van der Waals surface area contributed by atoms with Gasteiger partial charge in [0.2, 0.25) is 0 Å². The van der Waals surface area contributed by atoms with Gasteiger partial charge in [0.05, 0.1) is 9.85 Å². The average Bonchev–Trinajstić information content (AvgIpc) is 2.51. The summed E-state index contributed by atoms with van der Waals surface area (Å²) >= 11 is 0. The van der Waals surface area contributed by atoms with Gasteiger partial charge in [-0.15, -0.1) is 0 Å². The summed E-state index contributed by atoms with van der Waals surface area (Å²) in [6.45, 7) is 3.48. The van der Waals surface area contributed by atoms with Gasteiger partial charge in [0.25, 0.3) is 11.4 Å². The van der Waals surface area contributed by atoms with E-state index >= 15 is 0 Å². The summed E-state index contributed by atoms with van der Waals surface area (Å²) in [6, 6.07) is 8.76. The van der Waals surface area contributed by atoms with Crippen LogP contribution in [-0.4, -0.2) is 27.4 Å². The van der Waals surface area contributed by atoms with Gasteiger partial charge in [0.1, 0.15) is 0 Å². The first kappa shape index (κ1) is 23.7. The first-order chi connectivity index (χ1) is 12.2. The van der Waals surface area contributed by atoms with Crippen LogP contribution in [0.2, 0.25) is 0 Å². The second-order valence-electron chi connectivity index (χ2n) is 5.04. The van der Waals surface area contributed by atoms with Crippen LogP contribution >= 0.6 is 0 Å². The topological polar surface area (TPSA) is 213 Å². The molecule has 0 heterocycles. The zero-order valence-electron chi connectivity index (χ0n) is 14.3. The average molecular weight is 402 g/mol. The number of aryl methyl sites for hydroxylation is 2. The van der Waals surface area contributed by atoms with Crippen molar-refractivity contribution in [2.24, 2.45) is 0 Å². The Bertz CT molecular complexity index is 861. The maximum Gasteiger partial charge on any atom is 0.394 e. The summed E-state index contributed by atoms with van der Waals surface area (Å²) in [4.78, 5) is 19.6. The van der Waals surface area contributed by atoms with Crippen molar-refractivity contribution in [3.8, 4) is 0 Å². The Morgan fingerprint density at radius 1 is 0.815 bits per heavy atom. The Hall–Kier alpha value is -3.29. The molecule has 2 aromatic rings. The third-order valence-corrected chi connectivity index (χ3v) is 2.93. The van der Waals surface area contributed by atoms with Crippen molar-refractivity contribution in [1.82, 2.24) is 0 Å². The first-order valence-corrected chi connectivity index (χ1v) is 8.33. The summed E-state index contributed by atoms with van der Waals surface area (Å²) < 4.78 is 31.6. The molecule has 13 heteroatoms. The second kappa shape index (κ2) is 10.0. The van der Waals surface area contributed by atoms with Crippen molar-refractivity contribution in [2.45, 2.75) is 13.8 Å². The van der Waals surface area contributed by atoms with Gasteiger partial charge in [-0.1, -0.05) is 0 Å². The molecule has 0 aliphatic carbocycles. The van der Waals surface area contributed by atoms with Crippen LogP contribution in [0.15, 0.2) is 36.4 Å². The molecule has 148 valence electrons. The van der Waals surface area contributed by atoms with E-state index in [1.807, 2.05) is 0 Å². The molecule has 12 nitrogen and oxygen atoms in total. The number of nitro benzene ring substituents is 2. The SMILES string of the molecule is Cc1cc([N+](=O)[O-])ccc1N.Cc1cc([N+](=O)[O-])ccc1N.O=S(=O)(O)O. The minimum Gasteiger partial charge on any atom is -0.399 e. The highest BCUT2D eigenvalue weighted by molar-refractivity contribution is 7.79. The minimum atomic E-state index is -4.67. The lowest BCUT2D eigenvalue weighted by molar-refractivity contribution is -0.385. The van der Waals surface area contributed by atoms with E-state index in [0.717, 1.165) is 11.1 Å². The number of nitrogen functional groups attached to an aromatic ring is 2. The van der Waals surface area contributed by atoms with Gasteiger partial charge in [0, 0.05) is 35.6 Å². The summed E-state index contributed by atoms with van der Waals surface area (Å²) in [7, 11) is -4.67. The summed E-state index contributed by atoms with van der Waals surface area (Å²) in [5.41, 5.74) is 13.7. The molecule has 0 saturated carbocycles. The molecule has 0 bridgehead atoms. The van der Waals surface area contributed by atoms with Gasteiger partial charge < -0.3 is 11.5 Å². The van der Waals surface area contributed by atoms with Gasteiger partial charge in [-0.3, -0.25) is 29.3 Å². The lowest BCUT2D eigenvalue weighted by Gasteiger charge is -1.97. The predicted molar refractivity (Wildman–Crippen MR) is 98.7 cm³/mol. The number of nitro groups is 2. The lowest BCUT2D eigenvalue weighted by atomic mass is 10.2. The van der Waals surface area contributed by atoms with Crippen LogP contribution in [0.3, 0.4) is 0 Å². The van der Waals surface area contributed by atoms with Crippen LogP contribution < -0.4 is 11.5 Å². The first-order valence-electron chi connectivity index (χ1n) is 6.93. The number of rotatable bonds is 2. The largest absolute Gasteiger partial charge is 0.399 e. The van der Waals surface area contributed by atoms with Crippen LogP contribution in [0.4, 0.5) is 22.7 Å². The lowest BCUT2D eigenvalue weighted by Crippen LogP contribution is -1.92. The predicted octanol–water partition coefficient (Wildman–Crippen LogP) is 2.32. The van der Waals surface area contributed by atoms with Gasteiger partial charge in [0.15, 0.2) is 0 Å². The molecule has 0 unspecified atom stereocenters. The molecule has 0 aromatic heterocycles.